The normalized spacial score (nSPS) is 14.7. The minimum Gasteiger partial charge on any atom is -0.493 e. The third kappa shape index (κ3) is 3.78. The predicted molar refractivity (Wildman–Crippen MR) is 135 cm³/mol. The van der Waals surface area contributed by atoms with E-state index >= 15 is 0 Å². The summed E-state index contributed by atoms with van der Waals surface area (Å²) in [5, 5.41) is 18.4. The van der Waals surface area contributed by atoms with Crippen molar-refractivity contribution >= 4 is 34.3 Å². The van der Waals surface area contributed by atoms with E-state index in [-0.39, 0.29) is 17.0 Å². The summed E-state index contributed by atoms with van der Waals surface area (Å²) in [7, 11) is 2.87. The molecular weight excluding hydrogens is 462 g/mol. The van der Waals surface area contributed by atoms with Crippen LogP contribution in [0.3, 0.4) is 0 Å². The van der Waals surface area contributed by atoms with Gasteiger partial charge in [-0.05, 0) is 37.3 Å². The van der Waals surface area contributed by atoms with Crippen molar-refractivity contribution in [3.63, 3.8) is 0 Å². The van der Waals surface area contributed by atoms with Gasteiger partial charge in [-0.2, -0.15) is 0 Å². The molecule has 1 atom stereocenters. The molecular formula is C26H23N5O5. The van der Waals surface area contributed by atoms with Crippen LogP contribution in [0.2, 0.25) is 0 Å². The molecule has 36 heavy (non-hydrogen) atoms. The minimum absolute atomic E-state index is 0.207. The SMILES string of the molecule is COc1cc([C@@H]2C(C(=O)Nc3ccccc3)=C(C)Nc3nc4ccccc4n32)c([N+](=O)[O-])cc1OC. The number of carbonyl (C=O) groups excluding carboxylic acids is 1. The fourth-order valence-corrected chi connectivity index (χ4v) is 4.53. The minimum atomic E-state index is -0.877. The summed E-state index contributed by atoms with van der Waals surface area (Å²) in [5.74, 6) is 0.597. The van der Waals surface area contributed by atoms with Crippen LogP contribution in [0.5, 0.6) is 11.5 Å². The van der Waals surface area contributed by atoms with Gasteiger partial charge in [-0.15, -0.1) is 0 Å². The third-order valence-electron chi connectivity index (χ3n) is 6.13. The van der Waals surface area contributed by atoms with Crippen molar-refractivity contribution in [2.75, 3.05) is 24.9 Å². The van der Waals surface area contributed by atoms with Crippen molar-refractivity contribution in [2.24, 2.45) is 0 Å². The molecule has 4 aromatic rings. The second-order valence-electron chi connectivity index (χ2n) is 8.20. The Labute approximate surface area is 206 Å². The Morgan fingerprint density at radius 2 is 1.72 bits per heavy atom. The van der Waals surface area contributed by atoms with Crippen LogP contribution < -0.4 is 20.1 Å². The summed E-state index contributed by atoms with van der Waals surface area (Å²) in [6.45, 7) is 1.75. The number of fused-ring (bicyclic) bond motifs is 3. The Hall–Kier alpha value is -4.86. The maximum Gasteiger partial charge on any atom is 0.279 e. The van der Waals surface area contributed by atoms with E-state index in [2.05, 4.69) is 15.6 Å². The number of nitro benzene ring substituents is 1. The highest BCUT2D eigenvalue weighted by Crippen LogP contribution is 2.45. The lowest BCUT2D eigenvalue weighted by atomic mass is 9.92. The predicted octanol–water partition coefficient (Wildman–Crippen LogP) is 4.89. The topological polar surface area (TPSA) is 121 Å². The number of nitrogens with zero attached hydrogens (tertiary/aromatic N) is 3. The molecule has 2 N–H and O–H groups in total. The van der Waals surface area contributed by atoms with Crippen molar-refractivity contribution in [1.29, 1.82) is 0 Å². The summed E-state index contributed by atoms with van der Waals surface area (Å²) in [6.07, 6.45) is 0. The van der Waals surface area contributed by atoms with Crippen molar-refractivity contribution < 1.29 is 19.2 Å². The number of methoxy groups -OCH3 is 2. The summed E-state index contributed by atoms with van der Waals surface area (Å²) < 4.78 is 12.6. The molecule has 182 valence electrons. The van der Waals surface area contributed by atoms with Gasteiger partial charge in [0, 0.05) is 11.4 Å². The number of imidazole rings is 1. The molecule has 0 bridgehead atoms. The van der Waals surface area contributed by atoms with Crippen molar-refractivity contribution in [2.45, 2.75) is 13.0 Å². The molecule has 0 saturated heterocycles. The van der Waals surface area contributed by atoms with Crippen LogP contribution in [-0.4, -0.2) is 34.6 Å². The van der Waals surface area contributed by atoms with Gasteiger partial charge in [0.05, 0.1) is 47.4 Å². The molecule has 1 aromatic heterocycles. The van der Waals surface area contributed by atoms with Crippen LogP contribution in [0.15, 0.2) is 78.0 Å². The second kappa shape index (κ2) is 9.06. The maximum atomic E-state index is 13.7. The first-order valence-corrected chi connectivity index (χ1v) is 11.1. The lowest BCUT2D eigenvalue weighted by molar-refractivity contribution is -0.385. The Kier molecular flexibility index (Phi) is 5.77. The molecule has 0 unspecified atom stereocenters. The summed E-state index contributed by atoms with van der Waals surface area (Å²) in [4.78, 5) is 30.1. The van der Waals surface area contributed by atoms with E-state index in [1.807, 2.05) is 42.5 Å². The number of nitro groups is 1. The first-order valence-electron chi connectivity index (χ1n) is 11.1. The van der Waals surface area contributed by atoms with Crippen LogP contribution >= 0.6 is 0 Å². The van der Waals surface area contributed by atoms with E-state index in [0.717, 1.165) is 0 Å². The molecule has 2 heterocycles. The number of hydrogen-bond acceptors (Lipinski definition) is 7. The van der Waals surface area contributed by atoms with Gasteiger partial charge < -0.3 is 20.1 Å². The Balaban J connectivity index is 1.78. The zero-order valence-corrected chi connectivity index (χ0v) is 19.8. The monoisotopic (exact) mass is 485 g/mol. The number of aromatic nitrogens is 2. The molecule has 3 aromatic carbocycles. The summed E-state index contributed by atoms with van der Waals surface area (Å²) in [5.41, 5.74) is 2.90. The second-order valence-corrected chi connectivity index (χ2v) is 8.20. The number of rotatable bonds is 6. The standard InChI is InChI=1S/C26H23N5O5/c1-15-23(25(32)28-16-9-5-4-6-10-16)24(30-19-12-8-7-11-18(19)29-26(30)27-15)17-13-21(35-2)22(36-3)14-20(17)31(33)34/h4-14,24H,1-3H3,(H,27,29)(H,28,32)/t24-/m1/s1. The molecule has 0 aliphatic carbocycles. The molecule has 0 radical (unpaired) electrons. The molecule has 0 saturated carbocycles. The zero-order valence-electron chi connectivity index (χ0n) is 19.8. The van der Waals surface area contributed by atoms with Gasteiger partial charge in [0.2, 0.25) is 5.95 Å². The van der Waals surface area contributed by atoms with Gasteiger partial charge in [-0.1, -0.05) is 30.3 Å². The fraction of sp³-hybridized carbons (Fsp3) is 0.154. The fourth-order valence-electron chi connectivity index (χ4n) is 4.53. The van der Waals surface area contributed by atoms with Crippen LogP contribution in [0.25, 0.3) is 11.0 Å². The first-order chi connectivity index (χ1) is 17.4. The highest BCUT2D eigenvalue weighted by atomic mass is 16.6. The van der Waals surface area contributed by atoms with E-state index in [4.69, 9.17) is 9.47 Å². The molecule has 10 heteroatoms. The number of benzene rings is 3. The van der Waals surface area contributed by atoms with Crippen molar-refractivity contribution in [3.8, 4) is 11.5 Å². The smallest absolute Gasteiger partial charge is 0.279 e. The number of ether oxygens (including phenoxy) is 2. The van der Waals surface area contributed by atoms with Crippen LogP contribution in [0.4, 0.5) is 17.3 Å². The van der Waals surface area contributed by atoms with Gasteiger partial charge in [-0.25, -0.2) is 4.98 Å². The van der Waals surface area contributed by atoms with Gasteiger partial charge in [0.1, 0.15) is 6.04 Å². The van der Waals surface area contributed by atoms with Crippen LogP contribution in [0, 0.1) is 10.1 Å². The van der Waals surface area contributed by atoms with E-state index in [1.54, 1.807) is 29.7 Å². The van der Waals surface area contributed by atoms with Crippen molar-refractivity contribution in [3.05, 3.63) is 93.7 Å². The average molecular weight is 486 g/mol. The summed E-state index contributed by atoms with van der Waals surface area (Å²) >= 11 is 0. The molecule has 10 nitrogen and oxygen atoms in total. The highest BCUT2D eigenvalue weighted by Gasteiger charge is 2.38. The van der Waals surface area contributed by atoms with E-state index in [1.165, 1.54) is 20.3 Å². The largest absolute Gasteiger partial charge is 0.493 e. The van der Waals surface area contributed by atoms with E-state index in [0.29, 0.717) is 39.7 Å². The molecule has 1 amide bonds. The highest BCUT2D eigenvalue weighted by molar-refractivity contribution is 6.06. The molecule has 5 rings (SSSR count). The quantitative estimate of drug-likeness (QED) is 0.295. The Bertz CT molecular complexity index is 1530. The summed E-state index contributed by atoms with van der Waals surface area (Å²) in [6, 6.07) is 18.4. The lowest BCUT2D eigenvalue weighted by Crippen LogP contribution is -2.31. The van der Waals surface area contributed by atoms with Gasteiger partial charge in [0.25, 0.3) is 11.6 Å². The number of amides is 1. The molecule has 1 aliphatic rings. The molecule has 0 fully saturated rings. The lowest BCUT2D eigenvalue weighted by Gasteiger charge is -2.30. The molecule has 1 aliphatic heterocycles. The first kappa shape index (κ1) is 22.9. The number of anilines is 2. The molecule has 0 spiro atoms. The number of hydrogen-bond donors (Lipinski definition) is 2. The van der Waals surface area contributed by atoms with E-state index in [9.17, 15) is 14.9 Å². The Morgan fingerprint density at radius 3 is 2.42 bits per heavy atom. The van der Waals surface area contributed by atoms with Gasteiger partial charge >= 0.3 is 0 Å². The van der Waals surface area contributed by atoms with E-state index < -0.39 is 16.9 Å². The van der Waals surface area contributed by atoms with Crippen LogP contribution in [0.1, 0.15) is 18.5 Å². The third-order valence-corrected chi connectivity index (χ3v) is 6.13. The number of nitrogens with one attached hydrogen (secondary N) is 2. The Morgan fingerprint density at radius 1 is 1.06 bits per heavy atom. The zero-order chi connectivity index (χ0) is 25.4. The number of allylic oxidation sites excluding steroid dienone is 1. The number of para-hydroxylation sites is 3. The van der Waals surface area contributed by atoms with Gasteiger partial charge in [-0.3, -0.25) is 19.5 Å². The van der Waals surface area contributed by atoms with Crippen molar-refractivity contribution in [1.82, 2.24) is 9.55 Å². The average Bonchev–Trinajstić information content (AvgIpc) is 3.25. The maximum absolute atomic E-state index is 13.7. The van der Waals surface area contributed by atoms with Crippen LogP contribution in [-0.2, 0) is 4.79 Å². The number of carbonyl (C=O) groups is 1. The van der Waals surface area contributed by atoms with Gasteiger partial charge in [0.15, 0.2) is 11.5 Å².